The van der Waals surface area contributed by atoms with Crippen LogP contribution in [0.4, 0.5) is 0 Å². The lowest BCUT2D eigenvalue weighted by Gasteiger charge is -2.28. The fourth-order valence-corrected chi connectivity index (χ4v) is 1.13. The summed E-state index contributed by atoms with van der Waals surface area (Å²) in [5, 5.41) is 11.5. The van der Waals surface area contributed by atoms with Crippen LogP contribution in [0.1, 0.15) is 6.92 Å². The number of hydrogen-bond donors (Lipinski definition) is 1. The summed E-state index contributed by atoms with van der Waals surface area (Å²) >= 11 is 0. The first-order valence-corrected chi connectivity index (χ1v) is 3.73. The van der Waals surface area contributed by atoms with E-state index in [9.17, 15) is 0 Å². The highest BCUT2D eigenvalue weighted by Crippen LogP contribution is 1.93. The number of amidine groups is 1. The van der Waals surface area contributed by atoms with Crippen LogP contribution in [0.25, 0.3) is 0 Å². The second-order valence-electron chi connectivity index (χ2n) is 2.50. The maximum absolute atomic E-state index is 8.29. The third kappa shape index (κ3) is 2.20. The summed E-state index contributed by atoms with van der Waals surface area (Å²) in [5.74, 6) is 0.828. The second-order valence-corrected chi connectivity index (χ2v) is 2.50. The molecule has 0 unspecified atom stereocenters. The molecule has 0 aromatic rings. The standard InChI is InChI=1S/C7H12N4/c1-7(10-6-8)11-4-2-9-3-5-11/h9H,2-5H2,1H3. The number of hydrogen-bond acceptors (Lipinski definition) is 3. The van der Waals surface area contributed by atoms with Gasteiger partial charge in [-0.2, -0.15) is 10.3 Å². The van der Waals surface area contributed by atoms with Crippen molar-refractivity contribution in [2.75, 3.05) is 26.2 Å². The molecule has 60 valence electrons. The van der Waals surface area contributed by atoms with Crippen LogP contribution in [-0.2, 0) is 0 Å². The van der Waals surface area contributed by atoms with E-state index in [-0.39, 0.29) is 0 Å². The molecule has 1 N–H and O–H groups in total. The summed E-state index contributed by atoms with van der Waals surface area (Å²) in [7, 11) is 0. The SMILES string of the molecule is CC(=NC#N)N1CCNCC1. The average Bonchev–Trinajstić information content (AvgIpc) is 2.07. The normalized spacial score (nSPS) is 19.6. The molecule has 0 amide bonds. The summed E-state index contributed by atoms with van der Waals surface area (Å²) in [5.41, 5.74) is 0. The van der Waals surface area contributed by atoms with Crippen molar-refractivity contribution in [3.63, 3.8) is 0 Å². The quantitative estimate of drug-likeness (QED) is 0.297. The van der Waals surface area contributed by atoms with Gasteiger partial charge in [0.25, 0.3) is 0 Å². The van der Waals surface area contributed by atoms with Gasteiger partial charge >= 0.3 is 0 Å². The molecule has 1 aliphatic heterocycles. The van der Waals surface area contributed by atoms with E-state index >= 15 is 0 Å². The molecule has 1 heterocycles. The molecule has 0 aliphatic carbocycles. The number of aliphatic imine (C=N–C) groups is 1. The molecule has 0 atom stereocenters. The van der Waals surface area contributed by atoms with Gasteiger partial charge in [-0.05, 0) is 6.92 Å². The van der Waals surface area contributed by atoms with Crippen molar-refractivity contribution in [1.29, 1.82) is 5.26 Å². The van der Waals surface area contributed by atoms with Crippen molar-refractivity contribution in [2.45, 2.75) is 6.92 Å². The van der Waals surface area contributed by atoms with Crippen LogP contribution in [0, 0.1) is 11.5 Å². The van der Waals surface area contributed by atoms with Crippen LogP contribution in [0.3, 0.4) is 0 Å². The maximum Gasteiger partial charge on any atom is 0.207 e. The predicted molar refractivity (Wildman–Crippen MR) is 43.2 cm³/mol. The minimum Gasteiger partial charge on any atom is -0.357 e. The number of piperazine rings is 1. The molecule has 1 aliphatic rings. The molecular weight excluding hydrogens is 140 g/mol. The Kier molecular flexibility index (Phi) is 2.87. The highest BCUT2D eigenvalue weighted by Gasteiger charge is 2.09. The van der Waals surface area contributed by atoms with Crippen LogP contribution < -0.4 is 5.32 Å². The summed E-state index contributed by atoms with van der Waals surface area (Å²) in [4.78, 5) is 5.78. The Bertz CT molecular complexity index is 185. The molecule has 11 heavy (non-hydrogen) atoms. The Morgan fingerprint density at radius 1 is 1.55 bits per heavy atom. The van der Waals surface area contributed by atoms with Gasteiger partial charge in [-0.1, -0.05) is 0 Å². The smallest absolute Gasteiger partial charge is 0.207 e. The van der Waals surface area contributed by atoms with Crippen molar-refractivity contribution < 1.29 is 0 Å². The molecule has 0 spiro atoms. The predicted octanol–water partition coefficient (Wildman–Crippen LogP) is -0.209. The van der Waals surface area contributed by atoms with E-state index in [1.807, 2.05) is 6.92 Å². The molecule has 1 rings (SSSR count). The summed E-state index contributed by atoms with van der Waals surface area (Å²) < 4.78 is 0. The fourth-order valence-electron chi connectivity index (χ4n) is 1.13. The summed E-state index contributed by atoms with van der Waals surface area (Å²) in [6, 6.07) is 0. The van der Waals surface area contributed by atoms with E-state index < -0.39 is 0 Å². The van der Waals surface area contributed by atoms with Crippen molar-refractivity contribution in [1.82, 2.24) is 10.2 Å². The number of nitrogens with zero attached hydrogens (tertiary/aromatic N) is 3. The molecule has 0 bridgehead atoms. The topological polar surface area (TPSA) is 51.4 Å². The Morgan fingerprint density at radius 2 is 2.18 bits per heavy atom. The molecule has 0 radical (unpaired) electrons. The monoisotopic (exact) mass is 152 g/mol. The lowest BCUT2D eigenvalue weighted by atomic mass is 10.3. The highest BCUT2D eigenvalue weighted by atomic mass is 15.2. The Labute approximate surface area is 66.5 Å². The fraction of sp³-hybridized carbons (Fsp3) is 0.714. The third-order valence-corrected chi connectivity index (χ3v) is 1.79. The zero-order valence-electron chi connectivity index (χ0n) is 6.67. The Hall–Kier alpha value is -1.08. The third-order valence-electron chi connectivity index (χ3n) is 1.79. The first-order valence-electron chi connectivity index (χ1n) is 3.73. The Morgan fingerprint density at radius 3 is 2.73 bits per heavy atom. The van der Waals surface area contributed by atoms with E-state index in [2.05, 4.69) is 15.2 Å². The molecule has 0 aromatic heterocycles. The zero-order valence-corrected chi connectivity index (χ0v) is 6.67. The van der Waals surface area contributed by atoms with Gasteiger partial charge < -0.3 is 10.2 Å². The molecule has 0 aromatic carbocycles. The molecule has 4 heteroatoms. The molecule has 4 nitrogen and oxygen atoms in total. The minimum atomic E-state index is 0.828. The van der Waals surface area contributed by atoms with Crippen molar-refractivity contribution in [3.8, 4) is 6.19 Å². The summed E-state index contributed by atoms with van der Waals surface area (Å²) in [6.45, 7) is 5.75. The Balaban J connectivity index is 2.46. The van der Waals surface area contributed by atoms with Gasteiger partial charge in [0.1, 0.15) is 5.84 Å². The van der Waals surface area contributed by atoms with E-state index in [4.69, 9.17) is 5.26 Å². The summed E-state index contributed by atoms with van der Waals surface area (Å²) in [6.07, 6.45) is 1.79. The first-order chi connectivity index (χ1) is 5.34. The van der Waals surface area contributed by atoms with Gasteiger partial charge in [0.05, 0.1) is 0 Å². The number of rotatable bonds is 0. The van der Waals surface area contributed by atoms with Crippen molar-refractivity contribution >= 4 is 5.84 Å². The van der Waals surface area contributed by atoms with E-state index in [1.54, 1.807) is 6.19 Å². The zero-order chi connectivity index (χ0) is 8.10. The second kappa shape index (κ2) is 3.94. The van der Waals surface area contributed by atoms with Gasteiger partial charge in [0, 0.05) is 26.2 Å². The molecule has 1 saturated heterocycles. The van der Waals surface area contributed by atoms with Gasteiger partial charge in [-0.15, -0.1) is 0 Å². The van der Waals surface area contributed by atoms with Crippen LogP contribution in [0.15, 0.2) is 4.99 Å². The highest BCUT2D eigenvalue weighted by molar-refractivity contribution is 5.80. The van der Waals surface area contributed by atoms with E-state index in [0.717, 1.165) is 32.0 Å². The van der Waals surface area contributed by atoms with Gasteiger partial charge in [-0.25, -0.2) is 0 Å². The van der Waals surface area contributed by atoms with Crippen LogP contribution >= 0.6 is 0 Å². The minimum absolute atomic E-state index is 0.828. The lowest BCUT2D eigenvalue weighted by Crippen LogP contribution is -2.45. The molecular formula is C7H12N4. The van der Waals surface area contributed by atoms with E-state index in [1.165, 1.54) is 0 Å². The average molecular weight is 152 g/mol. The molecule has 0 saturated carbocycles. The number of nitrogens with one attached hydrogen (secondary N) is 1. The van der Waals surface area contributed by atoms with Crippen LogP contribution in [-0.4, -0.2) is 36.9 Å². The molecule has 1 fully saturated rings. The lowest BCUT2D eigenvalue weighted by molar-refractivity contribution is 0.356. The largest absolute Gasteiger partial charge is 0.357 e. The van der Waals surface area contributed by atoms with Crippen molar-refractivity contribution in [3.05, 3.63) is 0 Å². The van der Waals surface area contributed by atoms with E-state index in [0.29, 0.717) is 0 Å². The number of nitriles is 1. The van der Waals surface area contributed by atoms with Crippen LogP contribution in [0.5, 0.6) is 0 Å². The van der Waals surface area contributed by atoms with Gasteiger partial charge in [0.2, 0.25) is 6.19 Å². The van der Waals surface area contributed by atoms with Gasteiger partial charge in [-0.3, -0.25) is 0 Å². The van der Waals surface area contributed by atoms with Crippen molar-refractivity contribution in [2.24, 2.45) is 4.99 Å². The van der Waals surface area contributed by atoms with Crippen LogP contribution in [0.2, 0.25) is 0 Å². The van der Waals surface area contributed by atoms with Gasteiger partial charge in [0.15, 0.2) is 0 Å². The first kappa shape index (κ1) is 8.02. The maximum atomic E-state index is 8.29.